The van der Waals surface area contributed by atoms with Crippen molar-refractivity contribution in [3.63, 3.8) is 0 Å². The van der Waals surface area contributed by atoms with E-state index in [1.165, 1.54) is 5.56 Å². The predicted octanol–water partition coefficient (Wildman–Crippen LogP) is 5.30. The van der Waals surface area contributed by atoms with Gasteiger partial charge in [-0.3, -0.25) is 0 Å². The van der Waals surface area contributed by atoms with E-state index in [1.807, 2.05) is 11.4 Å². The van der Waals surface area contributed by atoms with Crippen molar-refractivity contribution in [3.05, 3.63) is 69.7 Å². The normalized spacial score (nSPS) is 10.5. The third kappa shape index (κ3) is 4.65. The van der Waals surface area contributed by atoms with Gasteiger partial charge in [0.15, 0.2) is 16.6 Å². The smallest absolute Gasteiger partial charge is 0.182 e. The molecule has 0 bridgehead atoms. The van der Waals surface area contributed by atoms with Crippen LogP contribution < -0.4 is 14.8 Å². The Morgan fingerprint density at radius 2 is 1.96 bits per heavy atom. The van der Waals surface area contributed by atoms with Gasteiger partial charge in [0.1, 0.15) is 6.61 Å². The molecule has 1 N–H and O–H groups in total. The first kappa shape index (κ1) is 17.6. The third-order valence-electron chi connectivity index (χ3n) is 3.71. The van der Waals surface area contributed by atoms with Crippen LogP contribution >= 0.6 is 22.9 Å². The van der Waals surface area contributed by atoms with Crippen LogP contribution in [0.15, 0.2) is 48.0 Å². The number of nitrogens with one attached hydrogen (secondary N) is 1. The summed E-state index contributed by atoms with van der Waals surface area (Å²) in [5.74, 6) is 1.29. The number of aryl methyl sites for hydroxylation is 1. The zero-order valence-corrected chi connectivity index (χ0v) is 15.7. The van der Waals surface area contributed by atoms with Gasteiger partial charge < -0.3 is 14.8 Å². The molecule has 2 aromatic carbocycles. The first-order valence-corrected chi connectivity index (χ1v) is 9.09. The Morgan fingerprint density at radius 1 is 1.16 bits per heavy atom. The number of hydrogen-bond donors (Lipinski definition) is 1. The molecule has 3 aromatic rings. The fourth-order valence-corrected chi connectivity index (χ4v) is 3.06. The number of nitrogens with zero attached hydrogens (tertiary/aromatic N) is 1. The average Bonchev–Trinajstić information content (AvgIpc) is 3.14. The number of methoxy groups -OCH3 is 1. The fraction of sp³-hybridized carbons (Fsp3) is 0.211. The number of thiazole rings is 1. The zero-order valence-electron chi connectivity index (χ0n) is 14.1. The molecular formula is C19H19ClN2O2S. The minimum Gasteiger partial charge on any atom is -0.493 e. The van der Waals surface area contributed by atoms with E-state index in [1.54, 1.807) is 30.7 Å². The van der Waals surface area contributed by atoms with Crippen LogP contribution in [0.25, 0.3) is 0 Å². The second kappa shape index (κ2) is 8.23. The Morgan fingerprint density at radius 3 is 2.64 bits per heavy atom. The van der Waals surface area contributed by atoms with E-state index < -0.39 is 0 Å². The molecule has 0 atom stereocenters. The minimum atomic E-state index is 0.462. The van der Waals surface area contributed by atoms with Crippen molar-refractivity contribution in [1.29, 1.82) is 0 Å². The highest BCUT2D eigenvalue weighted by atomic mass is 35.5. The van der Waals surface area contributed by atoms with E-state index >= 15 is 0 Å². The highest BCUT2D eigenvalue weighted by Crippen LogP contribution is 2.34. The number of halogens is 1. The molecule has 0 unspecified atom stereocenters. The molecule has 130 valence electrons. The number of hydrogen-bond acceptors (Lipinski definition) is 5. The maximum Gasteiger partial charge on any atom is 0.182 e. The van der Waals surface area contributed by atoms with Crippen molar-refractivity contribution >= 4 is 28.1 Å². The second-order valence-electron chi connectivity index (χ2n) is 5.56. The van der Waals surface area contributed by atoms with Crippen molar-refractivity contribution in [2.24, 2.45) is 0 Å². The van der Waals surface area contributed by atoms with Crippen molar-refractivity contribution in [1.82, 2.24) is 4.98 Å². The van der Waals surface area contributed by atoms with Gasteiger partial charge in [-0.2, -0.15) is 0 Å². The molecule has 1 heterocycles. The quantitative estimate of drug-likeness (QED) is 0.609. The van der Waals surface area contributed by atoms with Crippen LogP contribution in [0.5, 0.6) is 11.5 Å². The van der Waals surface area contributed by atoms with E-state index in [9.17, 15) is 0 Å². The topological polar surface area (TPSA) is 43.4 Å². The number of aromatic nitrogens is 1. The van der Waals surface area contributed by atoms with Gasteiger partial charge in [-0.25, -0.2) is 4.98 Å². The Kier molecular flexibility index (Phi) is 5.79. The number of benzene rings is 2. The third-order valence-corrected chi connectivity index (χ3v) is 4.79. The lowest BCUT2D eigenvalue weighted by atomic mass is 10.1. The van der Waals surface area contributed by atoms with Gasteiger partial charge >= 0.3 is 0 Å². The van der Waals surface area contributed by atoms with Crippen molar-refractivity contribution in [2.45, 2.75) is 20.1 Å². The standard InChI is InChI=1S/C19H19ClN2O2S/c1-13-3-5-14(6-4-13)12-24-18-10-16(20)15(9-17(18)23-2)11-22-19-21-7-8-25-19/h3-10H,11-12H2,1-2H3,(H,21,22). The van der Waals surface area contributed by atoms with E-state index in [0.717, 1.165) is 16.3 Å². The largest absolute Gasteiger partial charge is 0.493 e. The molecule has 25 heavy (non-hydrogen) atoms. The van der Waals surface area contributed by atoms with Gasteiger partial charge in [0.2, 0.25) is 0 Å². The van der Waals surface area contributed by atoms with Crippen LogP contribution in [0.1, 0.15) is 16.7 Å². The summed E-state index contributed by atoms with van der Waals surface area (Å²) in [7, 11) is 1.63. The summed E-state index contributed by atoms with van der Waals surface area (Å²) in [5.41, 5.74) is 3.25. The molecule has 3 rings (SSSR count). The van der Waals surface area contributed by atoms with Gasteiger partial charge in [-0.15, -0.1) is 11.3 Å². The number of ether oxygens (including phenoxy) is 2. The van der Waals surface area contributed by atoms with Crippen LogP contribution in [0, 0.1) is 6.92 Å². The van der Waals surface area contributed by atoms with Crippen molar-refractivity contribution in [3.8, 4) is 11.5 Å². The van der Waals surface area contributed by atoms with Gasteiger partial charge in [-0.05, 0) is 24.1 Å². The van der Waals surface area contributed by atoms with Crippen LogP contribution in [-0.2, 0) is 13.2 Å². The van der Waals surface area contributed by atoms with Crippen LogP contribution in [0.4, 0.5) is 5.13 Å². The highest BCUT2D eigenvalue weighted by molar-refractivity contribution is 7.13. The van der Waals surface area contributed by atoms with Crippen LogP contribution in [0.3, 0.4) is 0 Å². The summed E-state index contributed by atoms with van der Waals surface area (Å²) < 4.78 is 11.4. The molecule has 0 saturated carbocycles. The molecule has 0 amide bonds. The molecule has 4 nitrogen and oxygen atoms in total. The summed E-state index contributed by atoms with van der Waals surface area (Å²) in [6, 6.07) is 11.9. The lowest BCUT2D eigenvalue weighted by Gasteiger charge is -2.14. The summed E-state index contributed by atoms with van der Waals surface area (Å²) >= 11 is 7.96. The lowest BCUT2D eigenvalue weighted by Crippen LogP contribution is -2.02. The molecule has 0 aliphatic rings. The monoisotopic (exact) mass is 374 g/mol. The summed E-state index contributed by atoms with van der Waals surface area (Å²) in [6.45, 7) is 3.09. The molecule has 0 saturated heterocycles. The number of rotatable bonds is 7. The predicted molar refractivity (Wildman–Crippen MR) is 103 cm³/mol. The van der Waals surface area contributed by atoms with Gasteiger partial charge in [-0.1, -0.05) is 41.4 Å². The van der Waals surface area contributed by atoms with Crippen LogP contribution in [0.2, 0.25) is 5.02 Å². The Hall–Kier alpha value is -2.24. The SMILES string of the molecule is COc1cc(CNc2nccs2)c(Cl)cc1OCc1ccc(C)cc1. The van der Waals surface area contributed by atoms with E-state index in [0.29, 0.717) is 29.7 Å². The maximum atomic E-state index is 6.41. The molecule has 6 heteroatoms. The highest BCUT2D eigenvalue weighted by Gasteiger charge is 2.11. The first-order chi connectivity index (χ1) is 12.2. The summed E-state index contributed by atoms with van der Waals surface area (Å²) in [6.07, 6.45) is 1.76. The average molecular weight is 375 g/mol. The first-order valence-electron chi connectivity index (χ1n) is 7.84. The molecule has 0 aliphatic carbocycles. The second-order valence-corrected chi connectivity index (χ2v) is 6.86. The van der Waals surface area contributed by atoms with E-state index in [4.69, 9.17) is 21.1 Å². The van der Waals surface area contributed by atoms with Gasteiger partial charge in [0.05, 0.1) is 7.11 Å². The minimum absolute atomic E-state index is 0.462. The Bertz CT molecular complexity index is 820. The van der Waals surface area contributed by atoms with Gasteiger partial charge in [0, 0.05) is 29.2 Å². The fourth-order valence-electron chi connectivity index (χ4n) is 2.31. The van der Waals surface area contributed by atoms with E-state index in [2.05, 4.69) is 41.5 Å². The molecule has 1 aromatic heterocycles. The molecule has 0 aliphatic heterocycles. The van der Waals surface area contributed by atoms with E-state index in [-0.39, 0.29) is 0 Å². The summed E-state index contributed by atoms with van der Waals surface area (Å²) in [4.78, 5) is 4.20. The molecule has 0 spiro atoms. The Labute approximate surface area is 156 Å². The van der Waals surface area contributed by atoms with Crippen LogP contribution in [-0.4, -0.2) is 12.1 Å². The number of anilines is 1. The zero-order chi connectivity index (χ0) is 17.6. The van der Waals surface area contributed by atoms with Crippen molar-refractivity contribution < 1.29 is 9.47 Å². The summed E-state index contributed by atoms with van der Waals surface area (Å²) in [5, 5.41) is 6.65. The van der Waals surface area contributed by atoms with Gasteiger partial charge in [0.25, 0.3) is 0 Å². The maximum absolute atomic E-state index is 6.41. The molecule has 0 fully saturated rings. The molecular weight excluding hydrogens is 356 g/mol. The Balaban J connectivity index is 1.71. The van der Waals surface area contributed by atoms with Crippen molar-refractivity contribution in [2.75, 3.05) is 12.4 Å². The lowest BCUT2D eigenvalue weighted by molar-refractivity contribution is 0.284. The molecule has 0 radical (unpaired) electrons.